The van der Waals surface area contributed by atoms with Gasteiger partial charge in [0.1, 0.15) is 6.54 Å². The van der Waals surface area contributed by atoms with Crippen molar-refractivity contribution in [1.82, 2.24) is 5.32 Å². The van der Waals surface area contributed by atoms with Crippen LogP contribution in [0.25, 0.3) is 0 Å². The van der Waals surface area contributed by atoms with Gasteiger partial charge in [-0.1, -0.05) is 30.5 Å². The van der Waals surface area contributed by atoms with E-state index in [-0.39, 0.29) is 12.5 Å². The molecule has 0 aromatic heterocycles. The molecule has 26 heavy (non-hydrogen) atoms. The third kappa shape index (κ3) is 6.45. The molecule has 0 radical (unpaired) electrons. The van der Waals surface area contributed by atoms with Crippen LogP contribution in [0.2, 0.25) is 5.02 Å². The van der Waals surface area contributed by atoms with Crippen LogP contribution in [0.1, 0.15) is 37.7 Å². The topological polar surface area (TPSA) is 75.7 Å². The fraction of sp³-hybridized carbons (Fsp3) is 0.611. The number of carbonyl (C=O) groups is 1. The Balaban J connectivity index is 1.85. The van der Waals surface area contributed by atoms with Crippen LogP contribution in [0.15, 0.2) is 18.2 Å². The number of anilines is 1. The number of sulfonamides is 1. The van der Waals surface area contributed by atoms with Crippen molar-refractivity contribution in [3.8, 4) is 0 Å². The Labute approximate surface area is 160 Å². The maximum atomic E-state index is 12.2. The number of amides is 1. The van der Waals surface area contributed by atoms with Gasteiger partial charge in [0, 0.05) is 18.2 Å². The fourth-order valence-electron chi connectivity index (χ4n) is 3.02. The lowest BCUT2D eigenvalue weighted by molar-refractivity contribution is -0.119. The zero-order valence-electron chi connectivity index (χ0n) is 15.3. The number of nitrogens with one attached hydrogen (secondary N) is 1. The van der Waals surface area contributed by atoms with Gasteiger partial charge in [0.05, 0.1) is 18.0 Å². The number of halogens is 1. The SMILES string of the molecule is Cc1ccc(Cl)cc1N(CC(=O)NCCCOC1CCCC1)S(C)(=O)=O. The molecular formula is C18H27ClN2O4S. The summed E-state index contributed by atoms with van der Waals surface area (Å²) >= 11 is 5.98. The predicted octanol–water partition coefficient (Wildman–Crippen LogP) is 2.88. The minimum atomic E-state index is -3.61. The lowest BCUT2D eigenvalue weighted by Gasteiger charge is -2.24. The molecule has 2 rings (SSSR count). The van der Waals surface area contributed by atoms with Crippen LogP contribution in [0.3, 0.4) is 0 Å². The van der Waals surface area contributed by atoms with Crippen LogP contribution >= 0.6 is 11.6 Å². The quantitative estimate of drug-likeness (QED) is 0.644. The van der Waals surface area contributed by atoms with Gasteiger partial charge in [0.2, 0.25) is 15.9 Å². The van der Waals surface area contributed by atoms with Crippen LogP contribution in [0.4, 0.5) is 5.69 Å². The molecule has 1 aliphatic carbocycles. The van der Waals surface area contributed by atoms with Crippen molar-refractivity contribution in [3.63, 3.8) is 0 Å². The van der Waals surface area contributed by atoms with Crippen molar-refractivity contribution in [2.75, 3.05) is 30.3 Å². The number of carbonyl (C=O) groups excluding carboxylic acids is 1. The summed E-state index contributed by atoms with van der Waals surface area (Å²) in [5.74, 6) is -0.351. The van der Waals surface area contributed by atoms with Crippen molar-refractivity contribution in [2.24, 2.45) is 0 Å². The minimum absolute atomic E-state index is 0.274. The Morgan fingerprint density at radius 2 is 2.04 bits per heavy atom. The summed E-state index contributed by atoms with van der Waals surface area (Å²) in [6.45, 7) is 2.57. The van der Waals surface area contributed by atoms with Gasteiger partial charge in [-0.25, -0.2) is 8.42 Å². The molecule has 0 spiro atoms. The summed E-state index contributed by atoms with van der Waals surface area (Å²) in [6, 6.07) is 4.97. The normalized spacial score (nSPS) is 15.2. The number of ether oxygens (including phenoxy) is 1. The predicted molar refractivity (Wildman–Crippen MR) is 104 cm³/mol. The molecule has 0 heterocycles. The largest absolute Gasteiger partial charge is 0.378 e. The molecule has 0 aliphatic heterocycles. The zero-order chi connectivity index (χ0) is 19.2. The number of hydrogen-bond acceptors (Lipinski definition) is 4. The van der Waals surface area contributed by atoms with Gasteiger partial charge in [-0.05, 0) is 43.9 Å². The van der Waals surface area contributed by atoms with Gasteiger partial charge in [0.25, 0.3) is 0 Å². The summed E-state index contributed by atoms with van der Waals surface area (Å²) < 4.78 is 31.1. The van der Waals surface area contributed by atoms with Crippen molar-refractivity contribution in [1.29, 1.82) is 0 Å². The van der Waals surface area contributed by atoms with Crippen LogP contribution in [-0.2, 0) is 19.6 Å². The number of nitrogens with zero attached hydrogens (tertiary/aromatic N) is 1. The molecule has 1 fully saturated rings. The molecule has 1 aromatic carbocycles. The Morgan fingerprint density at radius 1 is 1.35 bits per heavy atom. The Morgan fingerprint density at radius 3 is 2.69 bits per heavy atom. The second kappa shape index (κ2) is 9.58. The van der Waals surface area contributed by atoms with E-state index >= 15 is 0 Å². The summed E-state index contributed by atoms with van der Waals surface area (Å²) in [5.41, 5.74) is 1.15. The number of benzene rings is 1. The van der Waals surface area contributed by atoms with Crippen molar-refractivity contribution in [3.05, 3.63) is 28.8 Å². The standard InChI is InChI=1S/C18H27ClN2O4S/c1-14-8-9-15(19)12-17(14)21(26(2,23)24)13-18(22)20-10-5-11-25-16-6-3-4-7-16/h8-9,12,16H,3-7,10-11,13H2,1-2H3,(H,20,22). The van der Waals surface area contributed by atoms with E-state index < -0.39 is 10.0 Å². The molecule has 0 bridgehead atoms. The van der Waals surface area contributed by atoms with Crippen molar-refractivity contribution >= 4 is 33.2 Å². The maximum absolute atomic E-state index is 12.2. The molecule has 1 aliphatic rings. The molecule has 146 valence electrons. The maximum Gasteiger partial charge on any atom is 0.240 e. The third-order valence-electron chi connectivity index (χ3n) is 4.43. The molecule has 1 amide bonds. The first-order valence-electron chi connectivity index (χ1n) is 8.89. The van der Waals surface area contributed by atoms with E-state index in [1.54, 1.807) is 25.1 Å². The Hall–Kier alpha value is -1.31. The summed E-state index contributed by atoms with van der Waals surface area (Å²) in [5, 5.41) is 3.18. The van der Waals surface area contributed by atoms with Gasteiger partial charge in [-0.15, -0.1) is 0 Å². The first kappa shape index (κ1) is 21.0. The molecule has 1 N–H and O–H groups in total. The zero-order valence-corrected chi connectivity index (χ0v) is 16.9. The lowest BCUT2D eigenvalue weighted by atomic mass is 10.2. The minimum Gasteiger partial charge on any atom is -0.378 e. The second-order valence-electron chi connectivity index (χ2n) is 6.68. The molecule has 6 nitrogen and oxygen atoms in total. The van der Waals surface area contributed by atoms with Crippen molar-refractivity contribution < 1.29 is 17.9 Å². The van der Waals surface area contributed by atoms with E-state index in [1.165, 1.54) is 12.8 Å². The molecule has 0 atom stereocenters. The number of aryl methyl sites for hydroxylation is 1. The van der Waals surface area contributed by atoms with E-state index in [0.29, 0.717) is 36.4 Å². The van der Waals surface area contributed by atoms with E-state index in [0.717, 1.165) is 29.0 Å². The molecule has 8 heteroatoms. The van der Waals surface area contributed by atoms with Gasteiger partial charge >= 0.3 is 0 Å². The second-order valence-corrected chi connectivity index (χ2v) is 9.02. The van der Waals surface area contributed by atoms with E-state index in [9.17, 15) is 13.2 Å². The monoisotopic (exact) mass is 402 g/mol. The average Bonchev–Trinajstić information content (AvgIpc) is 3.07. The van der Waals surface area contributed by atoms with E-state index in [1.807, 2.05) is 0 Å². The first-order chi connectivity index (χ1) is 12.3. The van der Waals surface area contributed by atoms with Crippen LogP contribution in [0, 0.1) is 6.92 Å². The molecule has 0 unspecified atom stereocenters. The molecular weight excluding hydrogens is 376 g/mol. The van der Waals surface area contributed by atoms with E-state index in [2.05, 4.69) is 5.32 Å². The van der Waals surface area contributed by atoms with Gasteiger partial charge in [-0.3, -0.25) is 9.10 Å². The van der Waals surface area contributed by atoms with Gasteiger partial charge < -0.3 is 10.1 Å². The van der Waals surface area contributed by atoms with Crippen LogP contribution in [0.5, 0.6) is 0 Å². The highest BCUT2D eigenvalue weighted by molar-refractivity contribution is 7.92. The fourth-order valence-corrected chi connectivity index (χ4v) is 4.10. The molecule has 1 aromatic rings. The van der Waals surface area contributed by atoms with Crippen molar-refractivity contribution in [2.45, 2.75) is 45.1 Å². The first-order valence-corrected chi connectivity index (χ1v) is 11.1. The molecule has 0 saturated heterocycles. The van der Waals surface area contributed by atoms with Gasteiger partial charge in [-0.2, -0.15) is 0 Å². The summed E-state index contributed by atoms with van der Waals surface area (Å²) in [4.78, 5) is 12.2. The van der Waals surface area contributed by atoms with Crippen LogP contribution < -0.4 is 9.62 Å². The highest BCUT2D eigenvalue weighted by Gasteiger charge is 2.22. The summed E-state index contributed by atoms with van der Waals surface area (Å²) in [7, 11) is -3.61. The number of rotatable bonds is 9. The van der Waals surface area contributed by atoms with Gasteiger partial charge in [0.15, 0.2) is 0 Å². The Kier molecular flexibility index (Phi) is 7.73. The highest BCUT2D eigenvalue weighted by atomic mass is 35.5. The average molecular weight is 403 g/mol. The smallest absolute Gasteiger partial charge is 0.240 e. The third-order valence-corrected chi connectivity index (χ3v) is 5.79. The number of hydrogen-bond donors (Lipinski definition) is 1. The Bertz CT molecular complexity index is 718. The summed E-state index contributed by atoms with van der Waals surface area (Å²) in [6.07, 6.45) is 6.84. The van der Waals surface area contributed by atoms with E-state index in [4.69, 9.17) is 16.3 Å². The lowest BCUT2D eigenvalue weighted by Crippen LogP contribution is -2.41. The van der Waals surface area contributed by atoms with Crippen LogP contribution in [-0.4, -0.2) is 46.4 Å². The highest BCUT2D eigenvalue weighted by Crippen LogP contribution is 2.26. The molecule has 1 saturated carbocycles.